The summed E-state index contributed by atoms with van der Waals surface area (Å²) >= 11 is 4.58. The van der Waals surface area contributed by atoms with Crippen molar-refractivity contribution in [3.63, 3.8) is 0 Å². The lowest BCUT2D eigenvalue weighted by Gasteiger charge is -2.27. The third kappa shape index (κ3) is 6.63. The largest absolute Gasteiger partial charge is 0.310 e. The summed E-state index contributed by atoms with van der Waals surface area (Å²) in [6.07, 6.45) is 3.86. The molecule has 0 spiro atoms. The van der Waals surface area contributed by atoms with E-state index in [9.17, 15) is 0 Å². The van der Waals surface area contributed by atoms with Gasteiger partial charge in [0.25, 0.3) is 0 Å². The summed E-state index contributed by atoms with van der Waals surface area (Å²) in [5.74, 6) is 0. The molecule has 0 fully saturated rings. The average Bonchev–Trinajstić information content (AvgIpc) is 3.06. The second-order valence-corrected chi connectivity index (χ2v) is 13.2. The van der Waals surface area contributed by atoms with E-state index in [-0.39, 0.29) is 0 Å². The Morgan fingerprint density at radius 3 is 1.32 bits per heavy atom. The lowest BCUT2D eigenvalue weighted by molar-refractivity contribution is 1.23. The molecule has 6 rings (SSSR count). The van der Waals surface area contributed by atoms with Gasteiger partial charge in [-0.15, -0.1) is 0 Å². The van der Waals surface area contributed by atoms with E-state index in [1.165, 1.54) is 11.1 Å². The molecule has 0 unspecified atom stereocenters. The van der Waals surface area contributed by atoms with Gasteiger partial charge in [-0.2, -0.15) is 0 Å². The smallest absolute Gasteiger partial charge is 0.0703 e. The minimum Gasteiger partial charge on any atom is -0.310 e. The van der Waals surface area contributed by atoms with Gasteiger partial charge in [0.15, 0.2) is 0 Å². The number of benzene rings is 4. The van der Waals surface area contributed by atoms with Crippen molar-refractivity contribution in [2.75, 3.05) is 4.90 Å². The summed E-state index contributed by atoms with van der Waals surface area (Å²) in [7, 11) is 3.34. The molecule has 2 aromatic heterocycles. The molecule has 0 bridgehead atoms. The highest BCUT2D eigenvalue weighted by molar-refractivity contribution is 14.2. The van der Waals surface area contributed by atoms with Crippen molar-refractivity contribution in [3.8, 4) is 33.6 Å². The van der Waals surface area contributed by atoms with Crippen LogP contribution in [0.4, 0.5) is 17.1 Å². The molecule has 4 aromatic carbocycles. The molecule has 2 heterocycles. The highest BCUT2D eigenvalue weighted by atomic mass is 127. The summed E-state index contributed by atoms with van der Waals surface area (Å²) in [4.78, 5) is 14.1. The molecule has 0 aliphatic carbocycles. The molecule has 0 aliphatic heterocycles. The number of hydrogen-bond acceptors (Lipinski definition) is 5. The van der Waals surface area contributed by atoms with E-state index >= 15 is 0 Å². The lowest BCUT2D eigenvalue weighted by atomic mass is 10.0. The summed E-state index contributed by atoms with van der Waals surface area (Å²) in [6.45, 7) is 0. The van der Waals surface area contributed by atoms with Crippen molar-refractivity contribution in [1.29, 1.82) is 0 Å². The third-order valence-electron chi connectivity index (χ3n) is 6.66. The zero-order valence-electron chi connectivity index (χ0n) is 21.7. The Morgan fingerprint density at radius 1 is 0.439 bits per heavy atom. The monoisotopic (exact) mass is 791 g/mol. The van der Waals surface area contributed by atoms with Gasteiger partial charge in [0.2, 0.25) is 0 Å². The first-order valence-corrected chi connectivity index (χ1v) is 19.6. The molecule has 0 saturated carbocycles. The van der Waals surface area contributed by atoms with Crippen molar-refractivity contribution in [3.05, 3.63) is 140 Å². The molecule has 0 saturated heterocycles. The fourth-order valence-electron chi connectivity index (χ4n) is 4.70. The van der Waals surface area contributed by atoms with Crippen LogP contribution in [0.15, 0.2) is 150 Å². The number of hydrogen-bond donors (Lipinski definition) is 0. The zero-order chi connectivity index (χ0) is 28.0. The number of rotatable bonds is 8. The average molecular weight is 792 g/mol. The zero-order valence-corrected chi connectivity index (χ0v) is 27.6. The first-order valence-electron chi connectivity index (χ1n) is 12.9. The molecule has 6 aromatic rings. The van der Waals surface area contributed by atoms with Crippen LogP contribution in [0, 0.1) is 0 Å². The van der Waals surface area contributed by atoms with E-state index < -0.39 is 0 Å². The second kappa shape index (κ2) is 13.4. The second-order valence-electron chi connectivity index (χ2n) is 9.27. The Hall–Kier alpha value is -2.86. The molecule has 200 valence electrons. The lowest BCUT2D eigenvalue weighted by Crippen LogP contribution is -2.10. The van der Waals surface area contributed by atoms with Crippen LogP contribution in [0.5, 0.6) is 0 Å². The molecule has 0 atom stereocenters. The number of nitrogens with zero attached hydrogens (tertiary/aromatic N) is 3. The predicted molar refractivity (Wildman–Crippen MR) is 193 cm³/mol. The summed E-state index contributed by atoms with van der Waals surface area (Å²) in [5, 5.41) is 0. The van der Waals surface area contributed by atoms with Crippen LogP contribution in [0.3, 0.4) is 0 Å². The number of pyridine rings is 2. The van der Waals surface area contributed by atoms with E-state index in [2.05, 4.69) is 175 Å². The summed E-state index contributed by atoms with van der Waals surface area (Å²) < 4.78 is 0. The Labute approximate surface area is 273 Å². The SMILES string of the molecule is ISc1ccc(-c2cccc(N(c3cccc(-c4ccccc4)c3)c3cccc(-c4ccc(SI)cn4)c3)c2)nc1. The normalized spacial score (nSPS) is 10.9. The molecular formula is C34H23I2N3S2. The number of halogens is 2. The van der Waals surface area contributed by atoms with E-state index in [1.54, 1.807) is 17.9 Å². The van der Waals surface area contributed by atoms with Gasteiger partial charge < -0.3 is 4.90 Å². The summed E-state index contributed by atoms with van der Waals surface area (Å²) in [6, 6.07) is 44.8. The molecular weight excluding hydrogens is 768 g/mol. The summed E-state index contributed by atoms with van der Waals surface area (Å²) in [5.41, 5.74) is 9.59. The van der Waals surface area contributed by atoms with Crippen LogP contribution < -0.4 is 4.90 Å². The molecule has 41 heavy (non-hydrogen) atoms. The molecule has 0 amide bonds. The minimum atomic E-state index is 0.949. The Morgan fingerprint density at radius 2 is 0.878 bits per heavy atom. The van der Waals surface area contributed by atoms with Gasteiger partial charge >= 0.3 is 0 Å². The van der Waals surface area contributed by atoms with Crippen LogP contribution in [-0.2, 0) is 0 Å². The first-order chi connectivity index (χ1) is 20.2. The maximum absolute atomic E-state index is 4.73. The van der Waals surface area contributed by atoms with Gasteiger partial charge in [0, 0.05) is 92.8 Å². The minimum absolute atomic E-state index is 0.949. The molecule has 0 radical (unpaired) electrons. The topological polar surface area (TPSA) is 29.0 Å². The van der Waals surface area contributed by atoms with Gasteiger partial charge in [-0.1, -0.05) is 84.6 Å². The van der Waals surface area contributed by atoms with E-state index in [0.29, 0.717) is 0 Å². The van der Waals surface area contributed by atoms with Crippen LogP contribution in [-0.4, -0.2) is 9.97 Å². The standard InChI is InChI=1S/C34H23I2N3S2/c35-40-31-15-17-33(37-22-31)26-10-5-13-29(20-26)39(28-12-4-9-25(19-28)24-7-2-1-3-8-24)30-14-6-11-27(21-30)34-18-16-32(41-36)23-38-34/h1-23H. The van der Waals surface area contributed by atoms with Crippen LogP contribution in [0.25, 0.3) is 33.6 Å². The van der Waals surface area contributed by atoms with Crippen LogP contribution in [0.2, 0.25) is 0 Å². The molecule has 0 N–H and O–H groups in total. The van der Waals surface area contributed by atoms with E-state index in [4.69, 9.17) is 9.97 Å². The van der Waals surface area contributed by atoms with Gasteiger partial charge in [0.1, 0.15) is 0 Å². The quantitative estimate of drug-likeness (QED) is 0.143. The van der Waals surface area contributed by atoms with Gasteiger partial charge in [-0.25, -0.2) is 0 Å². The highest BCUT2D eigenvalue weighted by Gasteiger charge is 2.16. The molecule has 0 aliphatic rings. The fourth-order valence-corrected chi connectivity index (χ4v) is 6.69. The van der Waals surface area contributed by atoms with Crippen molar-refractivity contribution in [1.82, 2.24) is 9.97 Å². The Balaban J connectivity index is 1.47. The van der Waals surface area contributed by atoms with Gasteiger partial charge in [-0.3, -0.25) is 9.97 Å². The van der Waals surface area contributed by atoms with Crippen LogP contribution >= 0.6 is 60.3 Å². The number of aromatic nitrogens is 2. The van der Waals surface area contributed by atoms with Crippen molar-refractivity contribution >= 4 is 77.3 Å². The van der Waals surface area contributed by atoms with E-state index in [1.807, 2.05) is 12.4 Å². The third-order valence-corrected chi connectivity index (χ3v) is 10.6. The van der Waals surface area contributed by atoms with Crippen molar-refractivity contribution in [2.45, 2.75) is 9.79 Å². The predicted octanol–water partition coefficient (Wildman–Crippen LogP) is 11.8. The highest BCUT2D eigenvalue weighted by Crippen LogP contribution is 2.39. The van der Waals surface area contributed by atoms with E-state index in [0.717, 1.165) is 49.4 Å². The Kier molecular flexibility index (Phi) is 9.25. The molecule has 7 heteroatoms. The van der Waals surface area contributed by atoms with Gasteiger partial charge in [-0.05, 0) is 71.8 Å². The van der Waals surface area contributed by atoms with Crippen molar-refractivity contribution < 1.29 is 0 Å². The maximum Gasteiger partial charge on any atom is 0.0703 e. The number of anilines is 3. The van der Waals surface area contributed by atoms with Crippen molar-refractivity contribution in [2.24, 2.45) is 0 Å². The first kappa shape index (κ1) is 28.3. The molecule has 3 nitrogen and oxygen atoms in total. The van der Waals surface area contributed by atoms with Crippen LogP contribution in [0.1, 0.15) is 0 Å². The van der Waals surface area contributed by atoms with Gasteiger partial charge in [0.05, 0.1) is 11.4 Å². The maximum atomic E-state index is 4.73. The fraction of sp³-hybridized carbons (Fsp3) is 0. The Bertz CT molecular complexity index is 1670.